The molecule has 0 aliphatic heterocycles. The Morgan fingerprint density at radius 1 is 0.673 bits per heavy atom. The van der Waals surface area contributed by atoms with Crippen LogP contribution >= 0.6 is 0 Å². The van der Waals surface area contributed by atoms with Crippen molar-refractivity contribution in [1.29, 1.82) is 0 Å². The zero-order chi connectivity index (χ0) is 36.0. The Morgan fingerprint density at radius 3 is 1.44 bits per heavy atom. The van der Waals surface area contributed by atoms with Crippen LogP contribution in [0.5, 0.6) is 0 Å². The average molecular weight is 701 g/mol. The fraction of sp³-hybridized carbons (Fsp3) is 0.429. The topological polar surface area (TPSA) is 148 Å². The first kappa shape index (κ1) is 34.6. The van der Waals surface area contributed by atoms with E-state index < -0.39 is 11.2 Å². The van der Waals surface area contributed by atoms with Crippen molar-refractivity contribution in [2.45, 2.75) is 101 Å². The van der Waals surface area contributed by atoms with Crippen molar-refractivity contribution in [2.75, 3.05) is 23.7 Å². The summed E-state index contributed by atoms with van der Waals surface area (Å²) < 4.78 is 0. The molecule has 6 N–H and O–H groups in total. The minimum absolute atomic E-state index is 0.258. The highest BCUT2D eigenvalue weighted by molar-refractivity contribution is 6.05. The molecule has 0 bridgehead atoms. The van der Waals surface area contributed by atoms with E-state index in [2.05, 4.69) is 31.2 Å². The highest BCUT2D eigenvalue weighted by Crippen LogP contribution is 2.43. The van der Waals surface area contributed by atoms with Gasteiger partial charge in [0.05, 0.1) is 11.2 Å². The normalized spacial score (nSPS) is 18.2. The Morgan fingerprint density at radius 2 is 1.08 bits per heavy atom. The van der Waals surface area contributed by atoms with Crippen molar-refractivity contribution < 1.29 is 19.8 Å². The van der Waals surface area contributed by atoms with Gasteiger partial charge in [0.1, 0.15) is 11.4 Å². The van der Waals surface area contributed by atoms with Gasteiger partial charge in [-0.25, -0.2) is 0 Å². The van der Waals surface area contributed by atoms with Crippen molar-refractivity contribution >= 4 is 23.2 Å². The molecule has 8 rings (SSSR count). The Labute approximate surface area is 304 Å². The molecule has 4 saturated carbocycles. The number of hydrogen-bond acceptors (Lipinski definition) is 8. The van der Waals surface area contributed by atoms with E-state index in [-0.39, 0.29) is 11.8 Å². The van der Waals surface area contributed by atoms with Crippen molar-refractivity contribution in [1.82, 2.24) is 20.6 Å². The number of aliphatic hydroxyl groups is 2. The van der Waals surface area contributed by atoms with Crippen molar-refractivity contribution in [2.24, 2.45) is 0 Å². The number of nitrogens with one attached hydrogen (secondary N) is 4. The van der Waals surface area contributed by atoms with E-state index in [1.807, 2.05) is 62.4 Å². The smallest absolute Gasteiger partial charge is 0.274 e. The lowest BCUT2D eigenvalue weighted by molar-refractivity contribution is 0.101. The van der Waals surface area contributed by atoms with Crippen LogP contribution in [-0.2, 0) is 13.1 Å². The van der Waals surface area contributed by atoms with Gasteiger partial charge in [0.25, 0.3) is 11.8 Å². The third-order valence-electron chi connectivity index (χ3n) is 11.2. The molecule has 10 heteroatoms. The zero-order valence-corrected chi connectivity index (χ0v) is 30.0. The first-order valence-electron chi connectivity index (χ1n) is 18.7. The van der Waals surface area contributed by atoms with Crippen LogP contribution in [0, 0.1) is 13.8 Å². The molecule has 10 nitrogen and oxygen atoms in total. The lowest BCUT2D eigenvalue weighted by Crippen LogP contribution is -2.28. The number of pyridine rings is 2. The summed E-state index contributed by atoms with van der Waals surface area (Å²) in [6.07, 6.45) is 11.4. The van der Waals surface area contributed by atoms with Crippen LogP contribution in [0.1, 0.15) is 118 Å². The third kappa shape index (κ3) is 7.80. The van der Waals surface area contributed by atoms with Gasteiger partial charge in [-0.2, -0.15) is 0 Å². The second kappa shape index (κ2) is 13.8. The summed E-state index contributed by atoms with van der Waals surface area (Å²) in [7, 11) is 0. The fourth-order valence-corrected chi connectivity index (χ4v) is 7.09. The summed E-state index contributed by atoms with van der Waals surface area (Å²) in [6.45, 7) is 6.37. The minimum Gasteiger partial charge on any atom is -0.389 e. The number of aromatic nitrogens is 2. The number of hydrogen-bond donors (Lipinski definition) is 6. The van der Waals surface area contributed by atoms with E-state index >= 15 is 0 Å². The molecular weight excluding hydrogens is 652 g/mol. The molecule has 2 aromatic heterocycles. The second-order valence-corrected chi connectivity index (χ2v) is 15.6. The molecular formula is C42H48N6O4. The molecule has 0 radical (unpaired) electrons. The van der Waals surface area contributed by atoms with E-state index in [9.17, 15) is 19.8 Å². The van der Waals surface area contributed by atoms with Gasteiger partial charge in [0.15, 0.2) is 0 Å². The van der Waals surface area contributed by atoms with E-state index in [0.29, 0.717) is 60.8 Å². The molecule has 270 valence electrons. The molecule has 4 aliphatic rings. The molecule has 0 unspecified atom stereocenters. The van der Waals surface area contributed by atoms with E-state index in [0.717, 1.165) is 95.9 Å². The standard InChI is InChI=1S/C42H48N6O4/c1-25-31(5-3-7-35(25)47-39(49)37-17-33(27-9-10-27)29(21-45-37)19-43-23-41(51)13-14-41)32-6-4-8-36(26(32)2)48-40(50)38-18-34(28-11-12-28)30(22-46-38)20-44-24-42(52)15-16-42/h3-8,17-18,21-22,27-28,43-44,51-52H,9-16,19-20,23-24H2,1-2H3,(H,47,49)(H,48,50). The Kier molecular flexibility index (Phi) is 9.19. The van der Waals surface area contributed by atoms with E-state index in [4.69, 9.17) is 0 Å². The molecule has 52 heavy (non-hydrogen) atoms. The Bertz CT molecular complexity index is 1880. The number of rotatable bonds is 15. The van der Waals surface area contributed by atoms with Crippen molar-refractivity contribution in [3.05, 3.63) is 106 Å². The van der Waals surface area contributed by atoms with Crippen molar-refractivity contribution in [3.8, 4) is 11.1 Å². The molecule has 2 aromatic carbocycles. The van der Waals surface area contributed by atoms with Gasteiger partial charge in [0, 0.05) is 49.9 Å². The van der Waals surface area contributed by atoms with Gasteiger partial charge in [-0.1, -0.05) is 24.3 Å². The maximum Gasteiger partial charge on any atom is 0.274 e. The third-order valence-corrected chi connectivity index (χ3v) is 11.2. The highest BCUT2D eigenvalue weighted by atomic mass is 16.3. The average Bonchev–Trinajstić information content (AvgIpc) is 3.91. The maximum absolute atomic E-state index is 13.5. The SMILES string of the molecule is Cc1c(NC(=O)c2cc(C3CC3)c(CNCC3(O)CC3)cn2)cccc1-c1cccc(NC(=O)c2cc(C3CC3)c(CNCC3(O)CC3)cn2)c1C. The fourth-order valence-electron chi connectivity index (χ4n) is 7.09. The lowest BCUT2D eigenvalue weighted by Gasteiger charge is -2.17. The van der Waals surface area contributed by atoms with Crippen molar-refractivity contribution in [3.63, 3.8) is 0 Å². The maximum atomic E-state index is 13.5. The Balaban J connectivity index is 0.958. The van der Waals surface area contributed by atoms with Gasteiger partial charge >= 0.3 is 0 Å². The van der Waals surface area contributed by atoms with Crippen LogP contribution in [0.15, 0.2) is 60.9 Å². The lowest BCUT2D eigenvalue weighted by atomic mass is 9.94. The number of amides is 2. The zero-order valence-electron chi connectivity index (χ0n) is 30.0. The molecule has 4 aliphatic carbocycles. The number of nitrogens with zero attached hydrogens (tertiary/aromatic N) is 2. The second-order valence-electron chi connectivity index (χ2n) is 15.6. The van der Waals surface area contributed by atoms with Crippen LogP contribution in [0.3, 0.4) is 0 Å². The molecule has 0 spiro atoms. The van der Waals surface area contributed by atoms with Crippen LogP contribution in [0.4, 0.5) is 11.4 Å². The van der Waals surface area contributed by atoms with Gasteiger partial charge in [0.2, 0.25) is 0 Å². The highest BCUT2D eigenvalue weighted by Gasteiger charge is 2.40. The monoisotopic (exact) mass is 700 g/mol. The molecule has 0 saturated heterocycles. The molecule has 2 amide bonds. The predicted octanol–water partition coefficient (Wildman–Crippen LogP) is 6.25. The van der Waals surface area contributed by atoms with Gasteiger partial charge in [-0.05, 0) is 146 Å². The van der Waals surface area contributed by atoms with Crippen LogP contribution in [0.25, 0.3) is 11.1 Å². The summed E-state index contributed by atoms with van der Waals surface area (Å²) >= 11 is 0. The van der Waals surface area contributed by atoms with Gasteiger partial charge < -0.3 is 31.5 Å². The number of benzene rings is 2. The summed E-state index contributed by atoms with van der Waals surface area (Å²) in [5.41, 5.74) is 9.28. The summed E-state index contributed by atoms with van der Waals surface area (Å²) in [5.74, 6) is 0.376. The summed E-state index contributed by atoms with van der Waals surface area (Å²) in [4.78, 5) is 36.2. The van der Waals surface area contributed by atoms with E-state index in [1.54, 1.807) is 12.4 Å². The largest absolute Gasteiger partial charge is 0.389 e. The first-order valence-corrected chi connectivity index (χ1v) is 18.7. The summed E-state index contributed by atoms with van der Waals surface area (Å²) in [5, 5.41) is 33.3. The minimum atomic E-state index is -0.559. The molecule has 4 fully saturated rings. The van der Waals surface area contributed by atoms with Gasteiger partial charge in [-0.3, -0.25) is 19.6 Å². The van der Waals surface area contributed by atoms with Gasteiger partial charge in [-0.15, -0.1) is 0 Å². The molecule has 4 aromatic rings. The number of carbonyl (C=O) groups excluding carboxylic acids is 2. The van der Waals surface area contributed by atoms with Crippen LogP contribution in [-0.4, -0.2) is 56.3 Å². The predicted molar refractivity (Wildman–Crippen MR) is 201 cm³/mol. The number of carbonyl (C=O) groups is 2. The molecule has 0 atom stereocenters. The van der Waals surface area contributed by atoms with Crippen LogP contribution < -0.4 is 21.3 Å². The van der Waals surface area contributed by atoms with E-state index in [1.165, 1.54) is 0 Å². The molecule has 2 heterocycles. The Hall–Kier alpha value is -4.48. The number of anilines is 2. The quantitative estimate of drug-likeness (QED) is 0.0853. The van der Waals surface area contributed by atoms with Crippen LogP contribution in [0.2, 0.25) is 0 Å². The first-order chi connectivity index (χ1) is 25.1. The summed E-state index contributed by atoms with van der Waals surface area (Å²) in [6, 6.07) is 15.6.